The Kier molecular flexibility index (Phi) is 4.36. The summed E-state index contributed by atoms with van der Waals surface area (Å²) in [4.78, 5) is 4.03. The van der Waals surface area contributed by atoms with E-state index in [9.17, 15) is 8.42 Å². The smallest absolute Gasteiger partial charge is 0.241 e. The molecule has 3 N–H and O–H groups in total. The van der Waals surface area contributed by atoms with Crippen molar-refractivity contribution in [2.24, 2.45) is 5.14 Å². The second-order valence-electron chi connectivity index (χ2n) is 4.42. The standard InChI is InChI=1S/C14H17N3O2S/c1-2-11-5-7-12(8-6-11)10-17-14-13(20(15,18)19)4-3-9-16-14/h3-9H,2,10H2,1H3,(H,16,17)(H2,15,18,19). The monoisotopic (exact) mass is 291 g/mol. The van der Waals surface area contributed by atoms with Gasteiger partial charge in [0.1, 0.15) is 10.7 Å². The third-order valence-electron chi connectivity index (χ3n) is 2.97. The normalized spacial score (nSPS) is 11.3. The Morgan fingerprint density at radius 3 is 2.40 bits per heavy atom. The van der Waals surface area contributed by atoms with Gasteiger partial charge in [0.25, 0.3) is 0 Å². The summed E-state index contributed by atoms with van der Waals surface area (Å²) in [5.74, 6) is 0.273. The highest BCUT2D eigenvalue weighted by atomic mass is 32.2. The number of pyridine rings is 1. The van der Waals surface area contributed by atoms with E-state index >= 15 is 0 Å². The van der Waals surface area contributed by atoms with Crippen molar-refractivity contribution in [2.45, 2.75) is 24.8 Å². The third kappa shape index (κ3) is 3.55. The van der Waals surface area contributed by atoms with E-state index in [0.29, 0.717) is 6.54 Å². The predicted molar refractivity (Wildman–Crippen MR) is 78.8 cm³/mol. The van der Waals surface area contributed by atoms with Crippen molar-refractivity contribution in [1.29, 1.82) is 0 Å². The Bertz CT molecular complexity index is 682. The van der Waals surface area contributed by atoms with Gasteiger partial charge in [-0.3, -0.25) is 0 Å². The number of aromatic nitrogens is 1. The number of hydrogen-bond acceptors (Lipinski definition) is 4. The lowest BCUT2D eigenvalue weighted by molar-refractivity contribution is 0.597. The van der Waals surface area contributed by atoms with Crippen LogP contribution in [0.1, 0.15) is 18.1 Å². The summed E-state index contributed by atoms with van der Waals surface area (Å²) in [5, 5.41) is 8.16. The fraction of sp³-hybridized carbons (Fsp3) is 0.214. The van der Waals surface area contributed by atoms with Crippen LogP contribution in [-0.2, 0) is 23.0 Å². The quantitative estimate of drug-likeness (QED) is 0.881. The first kappa shape index (κ1) is 14.5. The van der Waals surface area contributed by atoms with Gasteiger partial charge in [0, 0.05) is 12.7 Å². The van der Waals surface area contributed by atoms with E-state index in [-0.39, 0.29) is 10.7 Å². The molecular weight excluding hydrogens is 274 g/mol. The number of hydrogen-bond donors (Lipinski definition) is 2. The van der Waals surface area contributed by atoms with Crippen molar-refractivity contribution >= 4 is 15.8 Å². The average Bonchev–Trinajstić information content (AvgIpc) is 2.45. The molecule has 5 nitrogen and oxygen atoms in total. The maximum Gasteiger partial charge on any atom is 0.241 e. The molecule has 0 atom stereocenters. The Hall–Kier alpha value is -1.92. The molecule has 0 fully saturated rings. The minimum Gasteiger partial charge on any atom is -0.365 e. The second-order valence-corrected chi connectivity index (χ2v) is 5.95. The van der Waals surface area contributed by atoms with Gasteiger partial charge in [0.05, 0.1) is 0 Å². The summed E-state index contributed by atoms with van der Waals surface area (Å²) in [7, 11) is -3.77. The van der Waals surface area contributed by atoms with Gasteiger partial charge in [-0.15, -0.1) is 0 Å². The molecule has 0 unspecified atom stereocenters. The first-order chi connectivity index (χ1) is 9.50. The maximum atomic E-state index is 11.4. The highest BCUT2D eigenvalue weighted by molar-refractivity contribution is 7.89. The van der Waals surface area contributed by atoms with Crippen LogP contribution in [0.2, 0.25) is 0 Å². The first-order valence-corrected chi connectivity index (χ1v) is 7.85. The van der Waals surface area contributed by atoms with Crippen molar-refractivity contribution in [1.82, 2.24) is 4.98 Å². The zero-order chi connectivity index (χ0) is 14.6. The number of nitrogens with one attached hydrogen (secondary N) is 1. The van der Waals surface area contributed by atoms with Crippen molar-refractivity contribution in [2.75, 3.05) is 5.32 Å². The zero-order valence-electron chi connectivity index (χ0n) is 11.2. The van der Waals surface area contributed by atoms with E-state index < -0.39 is 10.0 Å². The summed E-state index contributed by atoms with van der Waals surface area (Å²) < 4.78 is 22.9. The molecule has 1 aromatic carbocycles. The molecule has 0 aliphatic carbocycles. The molecule has 0 saturated carbocycles. The number of nitrogens with two attached hydrogens (primary N) is 1. The molecule has 0 spiro atoms. The van der Waals surface area contributed by atoms with Crippen LogP contribution in [0.25, 0.3) is 0 Å². The molecule has 2 rings (SSSR count). The average molecular weight is 291 g/mol. The van der Waals surface area contributed by atoms with E-state index in [1.54, 1.807) is 6.07 Å². The Balaban J connectivity index is 2.15. The zero-order valence-corrected chi connectivity index (χ0v) is 12.0. The summed E-state index contributed by atoms with van der Waals surface area (Å²) in [6, 6.07) is 11.1. The lowest BCUT2D eigenvalue weighted by Gasteiger charge is -2.09. The Labute approximate surface area is 118 Å². The van der Waals surface area contributed by atoms with Gasteiger partial charge >= 0.3 is 0 Å². The van der Waals surface area contributed by atoms with Gasteiger partial charge in [0.15, 0.2) is 0 Å². The highest BCUT2D eigenvalue weighted by Crippen LogP contribution is 2.17. The topological polar surface area (TPSA) is 85.1 Å². The van der Waals surface area contributed by atoms with Crippen LogP contribution in [0.4, 0.5) is 5.82 Å². The lowest BCUT2D eigenvalue weighted by Crippen LogP contribution is -2.15. The number of sulfonamides is 1. The van der Waals surface area contributed by atoms with Crippen LogP contribution in [0, 0.1) is 0 Å². The summed E-state index contributed by atoms with van der Waals surface area (Å²) >= 11 is 0. The Morgan fingerprint density at radius 1 is 1.15 bits per heavy atom. The largest absolute Gasteiger partial charge is 0.365 e. The van der Waals surface area contributed by atoms with Crippen LogP contribution in [0.15, 0.2) is 47.5 Å². The van der Waals surface area contributed by atoms with Crippen molar-refractivity contribution in [3.05, 3.63) is 53.7 Å². The van der Waals surface area contributed by atoms with Crippen LogP contribution >= 0.6 is 0 Å². The van der Waals surface area contributed by atoms with Gasteiger partial charge in [-0.05, 0) is 29.7 Å². The van der Waals surface area contributed by atoms with Crippen molar-refractivity contribution < 1.29 is 8.42 Å². The SMILES string of the molecule is CCc1ccc(CNc2ncccc2S(N)(=O)=O)cc1. The number of nitrogens with zero attached hydrogens (tertiary/aromatic N) is 1. The molecule has 0 bridgehead atoms. The molecule has 0 aliphatic heterocycles. The predicted octanol–water partition coefficient (Wildman–Crippen LogP) is 1.90. The van der Waals surface area contributed by atoms with E-state index in [1.807, 2.05) is 12.1 Å². The van der Waals surface area contributed by atoms with Gasteiger partial charge in [0.2, 0.25) is 10.0 Å². The number of primary sulfonamides is 1. The van der Waals surface area contributed by atoms with Crippen LogP contribution in [0.5, 0.6) is 0 Å². The second kappa shape index (κ2) is 6.02. The molecule has 0 radical (unpaired) electrons. The molecule has 106 valence electrons. The summed E-state index contributed by atoms with van der Waals surface area (Å²) in [6.45, 7) is 2.59. The number of anilines is 1. The fourth-order valence-electron chi connectivity index (χ4n) is 1.83. The molecule has 2 aromatic rings. The minimum atomic E-state index is -3.77. The third-order valence-corrected chi connectivity index (χ3v) is 3.91. The van der Waals surface area contributed by atoms with Gasteiger partial charge in [-0.1, -0.05) is 31.2 Å². The van der Waals surface area contributed by atoms with E-state index in [2.05, 4.69) is 29.4 Å². The molecule has 0 aliphatic rings. The first-order valence-electron chi connectivity index (χ1n) is 6.30. The lowest BCUT2D eigenvalue weighted by atomic mass is 10.1. The Morgan fingerprint density at radius 2 is 1.80 bits per heavy atom. The van der Waals surface area contributed by atoms with Crippen LogP contribution < -0.4 is 10.5 Å². The maximum absolute atomic E-state index is 11.4. The molecule has 6 heteroatoms. The summed E-state index contributed by atoms with van der Waals surface area (Å²) in [6.07, 6.45) is 2.51. The van der Waals surface area contributed by atoms with E-state index in [1.165, 1.54) is 17.8 Å². The molecule has 1 heterocycles. The molecule has 0 amide bonds. The van der Waals surface area contributed by atoms with Crippen LogP contribution in [0.3, 0.4) is 0 Å². The van der Waals surface area contributed by atoms with Gasteiger partial charge < -0.3 is 5.32 Å². The molecular formula is C14H17N3O2S. The highest BCUT2D eigenvalue weighted by Gasteiger charge is 2.14. The van der Waals surface area contributed by atoms with Crippen LogP contribution in [-0.4, -0.2) is 13.4 Å². The fourth-order valence-corrected chi connectivity index (χ4v) is 2.49. The molecule has 20 heavy (non-hydrogen) atoms. The number of rotatable bonds is 5. The van der Waals surface area contributed by atoms with Gasteiger partial charge in [-0.25, -0.2) is 18.5 Å². The minimum absolute atomic E-state index is 0.00479. The molecule has 0 saturated heterocycles. The van der Waals surface area contributed by atoms with Crippen molar-refractivity contribution in [3.63, 3.8) is 0 Å². The molecule has 1 aromatic heterocycles. The van der Waals surface area contributed by atoms with Gasteiger partial charge in [-0.2, -0.15) is 0 Å². The summed E-state index contributed by atoms with van der Waals surface area (Å²) in [5.41, 5.74) is 2.31. The number of aryl methyl sites for hydroxylation is 1. The van der Waals surface area contributed by atoms with E-state index in [0.717, 1.165) is 12.0 Å². The van der Waals surface area contributed by atoms with E-state index in [4.69, 9.17) is 5.14 Å². The van der Waals surface area contributed by atoms with Crippen molar-refractivity contribution in [3.8, 4) is 0 Å². The number of benzene rings is 1.